The first kappa shape index (κ1) is 16.0. The Morgan fingerprint density at radius 3 is 2.59 bits per heavy atom. The summed E-state index contributed by atoms with van der Waals surface area (Å²) in [5.41, 5.74) is 1.63. The van der Waals surface area contributed by atoms with Crippen LogP contribution in [0.4, 0.5) is 0 Å². The van der Waals surface area contributed by atoms with Crippen molar-refractivity contribution in [3.63, 3.8) is 0 Å². The molecule has 0 radical (unpaired) electrons. The van der Waals surface area contributed by atoms with Gasteiger partial charge in [-0.3, -0.25) is 4.79 Å². The molecule has 3 heteroatoms. The third-order valence-electron chi connectivity index (χ3n) is 7.04. The fraction of sp³-hybridized carbons (Fsp3) is 0.842. The van der Waals surface area contributed by atoms with Gasteiger partial charge in [0, 0.05) is 11.3 Å². The number of carbonyl (C=O) groups excluding carboxylic acids is 1. The molecule has 3 fully saturated rings. The lowest BCUT2D eigenvalue weighted by atomic mass is 9.45. The zero-order valence-electron chi connectivity index (χ0n) is 14.6. The summed E-state index contributed by atoms with van der Waals surface area (Å²) in [5.74, 6) is 1.88. The molecule has 1 heterocycles. The van der Waals surface area contributed by atoms with Gasteiger partial charge in [-0.05, 0) is 38.0 Å². The molecule has 2 saturated carbocycles. The van der Waals surface area contributed by atoms with Crippen LogP contribution in [0.25, 0.3) is 0 Å². The van der Waals surface area contributed by atoms with Crippen LogP contribution in [0.1, 0.15) is 59.8 Å². The minimum atomic E-state index is -0.144. The van der Waals surface area contributed by atoms with Crippen molar-refractivity contribution in [2.45, 2.75) is 71.5 Å². The average Bonchev–Trinajstić information content (AvgIpc) is 2.90. The van der Waals surface area contributed by atoms with Crippen molar-refractivity contribution in [3.8, 4) is 0 Å². The number of allylic oxidation sites excluding steroid dienone is 1. The third-order valence-corrected chi connectivity index (χ3v) is 7.04. The Balaban J connectivity index is 2.02. The van der Waals surface area contributed by atoms with E-state index in [1.165, 1.54) is 13.5 Å². The highest BCUT2D eigenvalue weighted by Crippen LogP contribution is 2.77. The first-order valence-electron chi connectivity index (χ1n) is 8.95. The maximum atomic E-state index is 11.9. The van der Waals surface area contributed by atoms with E-state index in [0.29, 0.717) is 18.3 Å². The Morgan fingerprint density at radius 1 is 1.36 bits per heavy atom. The molecule has 22 heavy (non-hydrogen) atoms. The molecule has 0 amide bonds. The standard InChI is InChI=1S/C19H30O3/c1-6-12-11-18(8-3)17-16(12)13(7-2)19(17,9-4)14(22-18)10-15(20)21-5/h7,12,14,16-17H,6,8-11H2,1-5H3/b13-7-/t12-,14-,16-,17?,18-,19-/m1/s1. The number of carbonyl (C=O) groups is 1. The number of hydrogen-bond acceptors (Lipinski definition) is 3. The first-order chi connectivity index (χ1) is 10.5. The number of esters is 1. The van der Waals surface area contributed by atoms with Crippen molar-refractivity contribution < 1.29 is 14.3 Å². The highest BCUT2D eigenvalue weighted by molar-refractivity contribution is 5.70. The molecule has 124 valence electrons. The maximum absolute atomic E-state index is 11.9. The van der Waals surface area contributed by atoms with Crippen LogP contribution in [-0.2, 0) is 14.3 Å². The van der Waals surface area contributed by atoms with E-state index in [0.717, 1.165) is 25.2 Å². The minimum absolute atomic E-state index is 0.00449. The van der Waals surface area contributed by atoms with Gasteiger partial charge in [-0.15, -0.1) is 0 Å². The van der Waals surface area contributed by atoms with E-state index in [2.05, 4.69) is 33.8 Å². The van der Waals surface area contributed by atoms with Crippen molar-refractivity contribution in [1.29, 1.82) is 0 Å². The Labute approximate surface area is 134 Å². The van der Waals surface area contributed by atoms with Crippen LogP contribution in [-0.4, -0.2) is 24.8 Å². The normalized spacial score (nSPS) is 47.4. The Bertz CT molecular complexity index is 497. The fourth-order valence-corrected chi connectivity index (χ4v) is 6.23. The lowest BCUT2D eigenvalue weighted by Crippen LogP contribution is -2.55. The van der Waals surface area contributed by atoms with Gasteiger partial charge in [-0.2, -0.15) is 0 Å². The van der Waals surface area contributed by atoms with E-state index >= 15 is 0 Å². The molecule has 0 bridgehead atoms. The van der Waals surface area contributed by atoms with Crippen molar-refractivity contribution in [3.05, 3.63) is 11.6 Å². The van der Waals surface area contributed by atoms with E-state index in [1.807, 2.05) is 0 Å². The largest absolute Gasteiger partial charge is 0.469 e. The first-order valence-corrected chi connectivity index (χ1v) is 8.95. The lowest BCUT2D eigenvalue weighted by Gasteiger charge is -2.56. The molecule has 0 aromatic carbocycles. The quantitative estimate of drug-likeness (QED) is 0.566. The smallest absolute Gasteiger partial charge is 0.308 e. The van der Waals surface area contributed by atoms with Gasteiger partial charge < -0.3 is 9.47 Å². The summed E-state index contributed by atoms with van der Waals surface area (Å²) in [5, 5.41) is 0. The van der Waals surface area contributed by atoms with Gasteiger partial charge in [0.2, 0.25) is 0 Å². The number of rotatable bonds is 5. The van der Waals surface area contributed by atoms with Gasteiger partial charge in [0.1, 0.15) is 0 Å². The average molecular weight is 306 g/mol. The number of methoxy groups -OCH3 is 1. The van der Waals surface area contributed by atoms with Crippen molar-refractivity contribution in [2.75, 3.05) is 7.11 Å². The molecule has 0 N–H and O–H groups in total. The number of ether oxygens (including phenoxy) is 2. The zero-order chi connectivity index (χ0) is 16.1. The van der Waals surface area contributed by atoms with E-state index in [1.54, 1.807) is 5.57 Å². The molecule has 6 atom stereocenters. The Morgan fingerprint density at radius 2 is 2.09 bits per heavy atom. The molecule has 0 spiro atoms. The summed E-state index contributed by atoms with van der Waals surface area (Å²) in [7, 11) is 1.47. The summed E-state index contributed by atoms with van der Waals surface area (Å²) in [4.78, 5) is 11.9. The molecule has 3 aliphatic rings. The molecule has 1 saturated heterocycles. The van der Waals surface area contributed by atoms with Crippen LogP contribution < -0.4 is 0 Å². The van der Waals surface area contributed by atoms with Crippen LogP contribution in [0.2, 0.25) is 0 Å². The zero-order valence-corrected chi connectivity index (χ0v) is 14.6. The minimum Gasteiger partial charge on any atom is -0.469 e. The van der Waals surface area contributed by atoms with Gasteiger partial charge >= 0.3 is 5.97 Å². The van der Waals surface area contributed by atoms with Crippen LogP contribution in [0, 0.1) is 23.2 Å². The fourth-order valence-electron chi connectivity index (χ4n) is 6.23. The lowest BCUT2D eigenvalue weighted by molar-refractivity contribution is -0.147. The Kier molecular flexibility index (Phi) is 3.91. The van der Waals surface area contributed by atoms with E-state index in [4.69, 9.17) is 9.47 Å². The summed E-state index contributed by atoms with van der Waals surface area (Å²) in [6, 6.07) is 0. The van der Waals surface area contributed by atoms with Gasteiger partial charge in [-0.25, -0.2) is 0 Å². The second-order valence-electron chi connectivity index (χ2n) is 7.32. The topological polar surface area (TPSA) is 35.5 Å². The second kappa shape index (κ2) is 5.36. The Hall–Kier alpha value is -0.830. The van der Waals surface area contributed by atoms with E-state index < -0.39 is 0 Å². The molecule has 3 nitrogen and oxygen atoms in total. The van der Waals surface area contributed by atoms with Gasteiger partial charge in [0.25, 0.3) is 0 Å². The summed E-state index contributed by atoms with van der Waals surface area (Å²) in [6.45, 7) is 8.98. The third kappa shape index (κ3) is 1.69. The van der Waals surface area contributed by atoms with Gasteiger partial charge in [0.05, 0.1) is 25.2 Å². The van der Waals surface area contributed by atoms with Crippen molar-refractivity contribution >= 4 is 5.97 Å². The van der Waals surface area contributed by atoms with Crippen LogP contribution in [0.3, 0.4) is 0 Å². The second-order valence-corrected chi connectivity index (χ2v) is 7.32. The predicted octanol–water partition coefficient (Wildman–Crippen LogP) is 4.12. The molecular weight excluding hydrogens is 276 g/mol. The monoisotopic (exact) mass is 306 g/mol. The SMILES string of the molecule is C/C=C1/[C@@H]2C3[C@@](CC)(C[C@H]2CC)O[C@H](CC(=O)OC)[C@@]13CC. The van der Waals surface area contributed by atoms with Crippen LogP contribution >= 0.6 is 0 Å². The number of hydrogen-bond donors (Lipinski definition) is 0. The molecule has 1 aliphatic heterocycles. The molecular formula is C19H30O3. The predicted molar refractivity (Wildman–Crippen MR) is 86.4 cm³/mol. The van der Waals surface area contributed by atoms with Crippen molar-refractivity contribution in [1.82, 2.24) is 0 Å². The van der Waals surface area contributed by atoms with Crippen LogP contribution in [0.5, 0.6) is 0 Å². The highest BCUT2D eigenvalue weighted by atomic mass is 16.5. The molecule has 3 rings (SSSR count). The van der Waals surface area contributed by atoms with Crippen molar-refractivity contribution in [2.24, 2.45) is 23.2 Å². The van der Waals surface area contributed by atoms with Gasteiger partial charge in [0.15, 0.2) is 0 Å². The maximum Gasteiger partial charge on any atom is 0.308 e. The summed E-state index contributed by atoms with van der Waals surface area (Å²) >= 11 is 0. The molecule has 1 unspecified atom stereocenters. The van der Waals surface area contributed by atoms with Gasteiger partial charge in [-0.1, -0.05) is 38.8 Å². The summed E-state index contributed by atoms with van der Waals surface area (Å²) < 4.78 is 11.6. The summed E-state index contributed by atoms with van der Waals surface area (Å²) in [6.07, 6.45) is 7.21. The van der Waals surface area contributed by atoms with E-state index in [9.17, 15) is 4.79 Å². The molecule has 0 aromatic heterocycles. The van der Waals surface area contributed by atoms with E-state index in [-0.39, 0.29) is 23.1 Å². The highest BCUT2D eigenvalue weighted by Gasteiger charge is 2.77. The molecule has 2 aliphatic carbocycles. The molecule has 0 aromatic rings. The van der Waals surface area contributed by atoms with Crippen LogP contribution in [0.15, 0.2) is 11.6 Å².